The van der Waals surface area contributed by atoms with Crippen LogP contribution in [0.25, 0.3) is 0 Å². The lowest BCUT2D eigenvalue weighted by atomic mass is 10.2. The van der Waals surface area contributed by atoms with Crippen LogP contribution in [0.1, 0.15) is 25.3 Å². The minimum atomic E-state index is -0.341. The summed E-state index contributed by atoms with van der Waals surface area (Å²) in [5.41, 5.74) is 0.872. The molecule has 0 atom stereocenters. The van der Waals surface area contributed by atoms with Crippen molar-refractivity contribution in [1.82, 2.24) is 0 Å². The van der Waals surface area contributed by atoms with Crippen molar-refractivity contribution in [2.45, 2.75) is 26.7 Å². The highest BCUT2D eigenvalue weighted by Gasteiger charge is 2.02. The molecule has 0 saturated heterocycles. The lowest BCUT2D eigenvalue weighted by Crippen LogP contribution is -2.13. The molecule has 0 heterocycles. The fourth-order valence-corrected chi connectivity index (χ4v) is 1.72. The molecule has 0 aliphatic heterocycles. The van der Waals surface area contributed by atoms with E-state index in [1.165, 1.54) is 6.07 Å². The van der Waals surface area contributed by atoms with Gasteiger partial charge in [-0.3, -0.25) is 0 Å². The van der Waals surface area contributed by atoms with E-state index in [1.54, 1.807) is 6.07 Å². The Morgan fingerprint density at radius 1 is 0.864 bits per heavy atom. The first kappa shape index (κ1) is 18.9. The first-order valence-corrected chi connectivity index (χ1v) is 7.86. The topological polar surface area (TPSA) is 36.9 Å². The Morgan fingerprint density at radius 2 is 1.45 bits per heavy atom. The molecule has 0 fully saturated rings. The number of hydrogen-bond donors (Lipinski definition) is 0. The van der Waals surface area contributed by atoms with Crippen LogP contribution in [-0.2, 0) is 14.2 Å². The summed E-state index contributed by atoms with van der Waals surface area (Å²) in [7, 11) is 0. The van der Waals surface area contributed by atoms with E-state index >= 15 is 0 Å². The molecule has 0 unspecified atom stereocenters. The molecule has 126 valence electrons. The summed E-state index contributed by atoms with van der Waals surface area (Å²) < 4.78 is 34.9. The van der Waals surface area contributed by atoms with Gasteiger partial charge in [0.25, 0.3) is 0 Å². The quantitative estimate of drug-likeness (QED) is 0.523. The van der Waals surface area contributed by atoms with Crippen LogP contribution in [0, 0.1) is 12.7 Å². The van der Waals surface area contributed by atoms with Gasteiger partial charge in [0.2, 0.25) is 0 Å². The molecule has 0 spiro atoms. The van der Waals surface area contributed by atoms with Gasteiger partial charge in [0.15, 0.2) is 11.6 Å². The number of ether oxygens (including phenoxy) is 4. The van der Waals surface area contributed by atoms with E-state index in [2.05, 4.69) is 6.92 Å². The van der Waals surface area contributed by atoms with Gasteiger partial charge >= 0.3 is 0 Å². The van der Waals surface area contributed by atoms with Crippen LogP contribution in [-0.4, -0.2) is 46.2 Å². The van der Waals surface area contributed by atoms with E-state index in [0.29, 0.717) is 39.6 Å². The highest BCUT2D eigenvalue weighted by Crippen LogP contribution is 2.17. The van der Waals surface area contributed by atoms with Gasteiger partial charge < -0.3 is 18.9 Å². The van der Waals surface area contributed by atoms with Crippen molar-refractivity contribution in [2.75, 3.05) is 46.2 Å². The van der Waals surface area contributed by atoms with E-state index in [4.69, 9.17) is 18.9 Å². The number of unbranched alkanes of at least 4 members (excludes halogenated alkanes) is 1. The Labute approximate surface area is 132 Å². The zero-order chi connectivity index (χ0) is 16.0. The van der Waals surface area contributed by atoms with Crippen molar-refractivity contribution >= 4 is 0 Å². The second-order valence-corrected chi connectivity index (χ2v) is 4.97. The summed E-state index contributed by atoms with van der Waals surface area (Å²) in [6, 6.07) is 4.90. The molecule has 4 nitrogen and oxygen atoms in total. The summed E-state index contributed by atoms with van der Waals surface area (Å²) in [5.74, 6) is -0.0823. The van der Waals surface area contributed by atoms with Crippen LogP contribution >= 0.6 is 0 Å². The van der Waals surface area contributed by atoms with Crippen LogP contribution in [0.3, 0.4) is 0 Å². The Balaban J connectivity index is 1.89. The van der Waals surface area contributed by atoms with E-state index in [0.717, 1.165) is 25.0 Å². The predicted octanol–water partition coefficient (Wildman–Crippen LogP) is 3.36. The molecule has 0 radical (unpaired) electrons. The number of hydrogen-bond acceptors (Lipinski definition) is 4. The summed E-state index contributed by atoms with van der Waals surface area (Å²) in [6.45, 7) is 7.71. The van der Waals surface area contributed by atoms with Crippen molar-refractivity contribution in [2.24, 2.45) is 0 Å². The van der Waals surface area contributed by atoms with Gasteiger partial charge in [-0.05, 0) is 31.0 Å². The van der Waals surface area contributed by atoms with Crippen LogP contribution in [0.5, 0.6) is 5.75 Å². The van der Waals surface area contributed by atoms with E-state index in [9.17, 15) is 4.39 Å². The third-order valence-corrected chi connectivity index (χ3v) is 2.96. The summed E-state index contributed by atoms with van der Waals surface area (Å²) in [6.07, 6.45) is 2.23. The Hall–Kier alpha value is -1.17. The molecule has 0 aromatic heterocycles. The van der Waals surface area contributed by atoms with Crippen molar-refractivity contribution in [1.29, 1.82) is 0 Å². The van der Waals surface area contributed by atoms with E-state index < -0.39 is 0 Å². The monoisotopic (exact) mass is 314 g/mol. The Bertz CT molecular complexity index is 398. The smallest absolute Gasteiger partial charge is 0.165 e. The number of rotatable bonds is 13. The van der Waals surface area contributed by atoms with Crippen molar-refractivity contribution < 1.29 is 23.3 Å². The number of aryl methyl sites for hydroxylation is 1. The first-order chi connectivity index (χ1) is 10.7. The van der Waals surface area contributed by atoms with Gasteiger partial charge in [0, 0.05) is 6.61 Å². The molecular weight excluding hydrogens is 287 g/mol. The van der Waals surface area contributed by atoms with Crippen LogP contribution in [0.2, 0.25) is 0 Å². The Morgan fingerprint density at radius 3 is 2.05 bits per heavy atom. The fraction of sp³-hybridized carbons (Fsp3) is 0.647. The zero-order valence-electron chi connectivity index (χ0n) is 13.6. The van der Waals surface area contributed by atoms with Crippen LogP contribution in [0.15, 0.2) is 18.2 Å². The van der Waals surface area contributed by atoms with Gasteiger partial charge in [-0.25, -0.2) is 4.39 Å². The summed E-state index contributed by atoms with van der Waals surface area (Å²) >= 11 is 0. The third-order valence-electron chi connectivity index (χ3n) is 2.96. The molecule has 0 aliphatic rings. The standard InChI is InChI=1S/C17H27FO4/c1-3-4-7-19-8-9-20-10-11-21-12-13-22-17-6-5-15(2)14-16(17)18/h5-6,14H,3-4,7-13H2,1-2H3. The van der Waals surface area contributed by atoms with Crippen LogP contribution in [0.4, 0.5) is 4.39 Å². The van der Waals surface area contributed by atoms with Crippen LogP contribution < -0.4 is 4.74 Å². The van der Waals surface area contributed by atoms with Crippen molar-refractivity contribution in [3.05, 3.63) is 29.6 Å². The van der Waals surface area contributed by atoms with Gasteiger partial charge in [0.1, 0.15) is 6.61 Å². The minimum absolute atomic E-state index is 0.259. The molecule has 0 amide bonds. The van der Waals surface area contributed by atoms with Gasteiger partial charge in [-0.1, -0.05) is 19.4 Å². The molecule has 0 aliphatic carbocycles. The van der Waals surface area contributed by atoms with Gasteiger partial charge in [-0.2, -0.15) is 0 Å². The average molecular weight is 314 g/mol. The molecule has 5 heteroatoms. The molecule has 0 N–H and O–H groups in total. The highest BCUT2D eigenvalue weighted by atomic mass is 19.1. The number of halogens is 1. The minimum Gasteiger partial charge on any atom is -0.488 e. The zero-order valence-corrected chi connectivity index (χ0v) is 13.6. The number of benzene rings is 1. The summed E-state index contributed by atoms with van der Waals surface area (Å²) in [5, 5.41) is 0. The Kier molecular flexibility index (Phi) is 10.6. The van der Waals surface area contributed by atoms with E-state index in [-0.39, 0.29) is 11.6 Å². The molecule has 1 aromatic carbocycles. The summed E-state index contributed by atoms with van der Waals surface area (Å²) in [4.78, 5) is 0. The van der Waals surface area contributed by atoms with Crippen molar-refractivity contribution in [3.8, 4) is 5.75 Å². The normalized spacial score (nSPS) is 10.9. The largest absolute Gasteiger partial charge is 0.488 e. The van der Waals surface area contributed by atoms with E-state index in [1.807, 2.05) is 13.0 Å². The fourth-order valence-electron chi connectivity index (χ4n) is 1.72. The first-order valence-electron chi connectivity index (χ1n) is 7.86. The molecule has 0 saturated carbocycles. The maximum Gasteiger partial charge on any atom is 0.165 e. The second-order valence-electron chi connectivity index (χ2n) is 4.97. The molecule has 1 rings (SSSR count). The lowest BCUT2D eigenvalue weighted by molar-refractivity contribution is 0.00877. The molecule has 22 heavy (non-hydrogen) atoms. The SMILES string of the molecule is CCCCOCCOCCOCCOc1ccc(C)cc1F. The maximum absolute atomic E-state index is 13.5. The molecular formula is C17H27FO4. The van der Waals surface area contributed by atoms with Gasteiger partial charge in [-0.15, -0.1) is 0 Å². The lowest BCUT2D eigenvalue weighted by Gasteiger charge is -2.09. The van der Waals surface area contributed by atoms with Crippen molar-refractivity contribution in [3.63, 3.8) is 0 Å². The average Bonchev–Trinajstić information content (AvgIpc) is 2.50. The highest BCUT2D eigenvalue weighted by molar-refractivity contribution is 5.28. The third kappa shape index (κ3) is 8.97. The maximum atomic E-state index is 13.5. The second kappa shape index (κ2) is 12.4. The predicted molar refractivity (Wildman–Crippen MR) is 84.0 cm³/mol. The molecule has 1 aromatic rings. The molecule has 0 bridgehead atoms. The van der Waals surface area contributed by atoms with Gasteiger partial charge in [0.05, 0.1) is 33.0 Å².